The van der Waals surface area contributed by atoms with Crippen LogP contribution in [0.2, 0.25) is 0 Å². The highest BCUT2D eigenvalue weighted by molar-refractivity contribution is 5.82. The van der Waals surface area contributed by atoms with Gasteiger partial charge in [-0.3, -0.25) is 4.79 Å². The Balaban J connectivity index is 2.34. The molecule has 1 atom stereocenters. The number of carboxylic acids is 1. The molecule has 2 aromatic rings. The molecule has 0 bridgehead atoms. The fourth-order valence-corrected chi connectivity index (χ4v) is 2.77. The molecule has 1 unspecified atom stereocenters. The average molecular weight is 283 g/mol. The van der Waals surface area contributed by atoms with Crippen molar-refractivity contribution in [3.63, 3.8) is 0 Å². The van der Waals surface area contributed by atoms with E-state index < -0.39 is 11.4 Å². The molecule has 3 heteroatoms. The number of nitrogens with two attached hydrogens (primary N) is 1. The molecule has 0 aliphatic carbocycles. The van der Waals surface area contributed by atoms with Crippen LogP contribution in [0.3, 0.4) is 0 Å². The largest absolute Gasteiger partial charge is 0.481 e. The summed E-state index contributed by atoms with van der Waals surface area (Å²) in [7, 11) is 0. The van der Waals surface area contributed by atoms with Crippen LogP contribution in [-0.4, -0.2) is 17.6 Å². The van der Waals surface area contributed by atoms with Crippen LogP contribution in [-0.2, 0) is 16.6 Å². The van der Waals surface area contributed by atoms with Gasteiger partial charge < -0.3 is 10.8 Å². The predicted octanol–water partition coefficient (Wildman–Crippen LogP) is 2.91. The smallest absolute Gasteiger partial charge is 0.315 e. The zero-order valence-corrected chi connectivity index (χ0v) is 12.3. The van der Waals surface area contributed by atoms with Gasteiger partial charge in [0.15, 0.2) is 0 Å². The minimum absolute atomic E-state index is 0.0972. The summed E-state index contributed by atoms with van der Waals surface area (Å²) in [5, 5.41) is 9.80. The van der Waals surface area contributed by atoms with Crippen LogP contribution in [0, 0.1) is 6.92 Å². The third kappa shape index (κ3) is 3.14. The Morgan fingerprint density at radius 1 is 1.10 bits per heavy atom. The molecule has 0 amide bonds. The van der Waals surface area contributed by atoms with Crippen molar-refractivity contribution >= 4 is 5.97 Å². The van der Waals surface area contributed by atoms with Crippen molar-refractivity contribution in [2.45, 2.75) is 25.2 Å². The van der Waals surface area contributed by atoms with Gasteiger partial charge in [0.1, 0.15) is 5.41 Å². The van der Waals surface area contributed by atoms with Gasteiger partial charge >= 0.3 is 5.97 Å². The van der Waals surface area contributed by atoms with E-state index in [1.54, 1.807) is 0 Å². The molecule has 0 aromatic heterocycles. The molecule has 0 aliphatic heterocycles. The second-order valence-corrected chi connectivity index (χ2v) is 5.39. The third-order valence-electron chi connectivity index (χ3n) is 4.10. The molecule has 0 saturated heterocycles. The summed E-state index contributed by atoms with van der Waals surface area (Å²) in [6.45, 7) is 2.03. The summed E-state index contributed by atoms with van der Waals surface area (Å²) >= 11 is 0. The van der Waals surface area contributed by atoms with E-state index >= 15 is 0 Å². The molecule has 0 saturated carbocycles. The standard InChI is InChI=1S/C18H21NO2/c1-14-7-5-6-10-16(14)18(13-19,17(20)21)12-11-15-8-3-2-4-9-15/h2-10H,11-13,19H2,1H3,(H,20,21). The van der Waals surface area contributed by atoms with Gasteiger partial charge in [0.05, 0.1) is 0 Å². The van der Waals surface area contributed by atoms with Crippen molar-refractivity contribution in [1.82, 2.24) is 0 Å². The second kappa shape index (κ2) is 6.55. The van der Waals surface area contributed by atoms with E-state index in [1.807, 2.05) is 61.5 Å². The molecule has 0 heterocycles. The van der Waals surface area contributed by atoms with Gasteiger partial charge in [-0.1, -0.05) is 54.6 Å². The minimum Gasteiger partial charge on any atom is -0.481 e. The molecule has 3 N–H and O–H groups in total. The average Bonchev–Trinajstić information content (AvgIpc) is 2.50. The zero-order chi connectivity index (χ0) is 15.3. The minimum atomic E-state index is -1.03. The number of aliphatic carboxylic acids is 1. The first-order chi connectivity index (χ1) is 10.1. The molecule has 21 heavy (non-hydrogen) atoms. The Labute approximate surface area is 125 Å². The quantitative estimate of drug-likeness (QED) is 0.856. The SMILES string of the molecule is Cc1ccccc1C(CN)(CCc1ccccc1)C(=O)O. The van der Waals surface area contributed by atoms with E-state index in [-0.39, 0.29) is 6.54 Å². The van der Waals surface area contributed by atoms with E-state index in [1.165, 1.54) is 0 Å². The van der Waals surface area contributed by atoms with Crippen molar-refractivity contribution in [3.05, 3.63) is 71.3 Å². The van der Waals surface area contributed by atoms with Crippen LogP contribution in [0.4, 0.5) is 0 Å². The van der Waals surface area contributed by atoms with Gasteiger partial charge in [0.2, 0.25) is 0 Å². The fourth-order valence-electron chi connectivity index (χ4n) is 2.77. The Morgan fingerprint density at radius 3 is 2.29 bits per heavy atom. The van der Waals surface area contributed by atoms with Crippen LogP contribution in [0.1, 0.15) is 23.1 Å². The molecule has 0 radical (unpaired) electrons. The number of benzene rings is 2. The lowest BCUT2D eigenvalue weighted by Crippen LogP contribution is -2.44. The Bertz CT molecular complexity index is 610. The fraction of sp³-hybridized carbons (Fsp3) is 0.278. The number of aryl methyl sites for hydroxylation is 2. The molecular formula is C18H21NO2. The maximum Gasteiger partial charge on any atom is 0.315 e. The first-order valence-corrected chi connectivity index (χ1v) is 7.13. The monoisotopic (exact) mass is 283 g/mol. The zero-order valence-electron chi connectivity index (χ0n) is 12.3. The first-order valence-electron chi connectivity index (χ1n) is 7.13. The van der Waals surface area contributed by atoms with Gasteiger partial charge in [-0.25, -0.2) is 0 Å². The number of carboxylic acid groups (broad SMARTS) is 1. The number of hydrogen-bond acceptors (Lipinski definition) is 2. The first kappa shape index (κ1) is 15.3. The molecule has 110 valence electrons. The maximum absolute atomic E-state index is 11.9. The molecule has 0 fully saturated rings. The van der Waals surface area contributed by atoms with Gasteiger partial charge in [-0.05, 0) is 36.5 Å². The summed E-state index contributed by atoms with van der Waals surface area (Å²) in [5.41, 5.74) is 7.78. The molecule has 3 nitrogen and oxygen atoms in total. The van der Waals surface area contributed by atoms with Crippen LogP contribution in [0.25, 0.3) is 0 Å². The lowest BCUT2D eigenvalue weighted by Gasteiger charge is -2.30. The van der Waals surface area contributed by atoms with Crippen molar-refractivity contribution < 1.29 is 9.90 Å². The summed E-state index contributed by atoms with van der Waals surface area (Å²) in [6, 6.07) is 17.5. The summed E-state index contributed by atoms with van der Waals surface area (Å²) in [4.78, 5) is 11.9. The van der Waals surface area contributed by atoms with Gasteiger partial charge in [0, 0.05) is 6.54 Å². The molecule has 0 aliphatic rings. The van der Waals surface area contributed by atoms with E-state index in [0.29, 0.717) is 12.8 Å². The van der Waals surface area contributed by atoms with E-state index in [9.17, 15) is 9.90 Å². The summed E-state index contributed by atoms with van der Waals surface area (Å²) in [5.74, 6) is -0.852. The Kier molecular flexibility index (Phi) is 4.76. The summed E-state index contributed by atoms with van der Waals surface area (Å²) in [6.07, 6.45) is 1.19. The van der Waals surface area contributed by atoms with Gasteiger partial charge in [0.25, 0.3) is 0 Å². The molecule has 2 rings (SSSR count). The van der Waals surface area contributed by atoms with E-state index in [2.05, 4.69) is 0 Å². The predicted molar refractivity (Wildman–Crippen MR) is 84.3 cm³/mol. The van der Waals surface area contributed by atoms with E-state index in [4.69, 9.17) is 5.73 Å². The van der Waals surface area contributed by atoms with Crippen molar-refractivity contribution in [2.24, 2.45) is 5.73 Å². The highest BCUT2D eigenvalue weighted by atomic mass is 16.4. The lowest BCUT2D eigenvalue weighted by molar-refractivity contribution is -0.143. The van der Waals surface area contributed by atoms with E-state index in [0.717, 1.165) is 16.7 Å². The van der Waals surface area contributed by atoms with Crippen LogP contribution >= 0.6 is 0 Å². The van der Waals surface area contributed by atoms with Crippen molar-refractivity contribution in [3.8, 4) is 0 Å². The van der Waals surface area contributed by atoms with Gasteiger partial charge in [-0.2, -0.15) is 0 Å². The third-order valence-corrected chi connectivity index (χ3v) is 4.10. The van der Waals surface area contributed by atoms with Crippen molar-refractivity contribution in [1.29, 1.82) is 0 Å². The Morgan fingerprint density at radius 2 is 1.71 bits per heavy atom. The van der Waals surface area contributed by atoms with Crippen LogP contribution in [0.15, 0.2) is 54.6 Å². The molecular weight excluding hydrogens is 262 g/mol. The van der Waals surface area contributed by atoms with Crippen LogP contribution < -0.4 is 5.73 Å². The number of hydrogen-bond donors (Lipinski definition) is 2. The van der Waals surface area contributed by atoms with Crippen LogP contribution in [0.5, 0.6) is 0 Å². The number of rotatable bonds is 6. The van der Waals surface area contributed by atoms with Gasteiger partial charge in [-0.15, -0.1) is 0 Å². The highest BCUT2D eigenvalue weighted by Crippen LogP contribution is 2.31. The van der Waals surface area contributed by atoms with Crippen molar-refractivity contribution in [2.75, 3.05) is 6.54 Å². The summed E-state index contributed by atoms with van der Waals surface area (Å²) < 4.78 is 0. The molecule has 2 aromatic carbocycles. The number of carbonyl (C=O) groups is 1. The second-order valence-electron chi connectivity index (χ2n) is 5.39. The topological polar surface area (TPSA) is 63.3 Å². The molecule has 0 spiro atoms. The normalized spacial score (nSPS) is 13.6. The Hall–Kier alpha value is -2.13. The lowest BCUT2D eigenvalue weighted by atomic mass is 9.74. The maximum atomic E-state index is 11.9. The highest BCUT2D eigenvalue weighted by Gasteiger charge is 2.39.